The molecule has 0 spiro atoms. The van der Waals surface area contributed by atoms with Gasteiger partial charge in [-0.3, -0.25) is 9.59 Å². The summed E-state index contributed by atoms with van der Waals surface area (Å²) in [6.07, 6.45) is -0.0715. The van der Waals surface area contributed by atoms with E-state index in [-0.39, 0.29) is 12.3 Å². The average Bonchev–Trinajstić information content (AvgIpc) is 2.69. The van der Waals surface area contributed by atoms with Crippen LogP contribution in [0.1, 0.15) is 64.0 Å². The summed E-state index contributed by atoms with van der Waals surface area (Å²) in [5.74, 6) is 5.08. The molecule has 0 fully saturated rings. The van der Waals surface area contributed by atoms with Gasteiger partial charge in [-0.25, -0.2) is 0 Å². The molecule has 1 amide bonds. The molecular weight excluding hydrogens is 458 g/mol. The molecule has 0 aliphatic carbocycles. The Hall–Kier alpha value is -2.78. The number of carboxylic acid groups (broad SMARTS) is 1. The normalized spacial score (nSPS) is 12.0. The summed E-state index contributed by atoms with van der Waals surface area (Å²) >= 11 is 3.53. The van der Waals surface area contributed by atoms with Gasteiger partial charge in [0.25, 0.3) is 5.91 Å². The van der Waals surface area contributed by atoms with E-state index in [4.69, 9.17) is 9.84 Å². The fourth-order valence-electron chi connectivity index (χ4n) is 2.96. The number of aliphatic carboxylic acids is 1. The average molecular weight is 486 g/mol. The highest BCUT2D eigenvalue weighted by atomic mass is 79.9. The lowest BCUT2D eigenvalue weighted by atomic mass is 9.96. The molecule has 0 saturated carbocycles. The van der Waals surface area contributed by atoms with Crippen LogP contribution in [0.3, 0.4) is 0 Å². The first-order valence-corrected chi connectivity index (χ1v) is 10.9. The van der Waals surface area contributed by atoms with Crippen LogP contribution in [-0.2, 0) is 9.59 Å². The lowest BCUT2D eigenvalue weighted by Crippen LogP contribution is -2.42. The number of amides is 1. The molecule has 0 aromatic heterocycles. The molecule has 0 radical (unpaired) electrons. The van der Waals surface area contributed by atoms with Crippen molar-refractivity contribution in [3.63, 3.8) is 0 Å². The zero-order valence-corrected chi connectivity index (χ0v) is 20.0. The molecule has 6 heteroatoms. The highest BCUT2D eigenvalue weighted by Crippen LogP contribution is 2.32. The second-order valence-corrected chi connectivity index (χ2v) is 8.93. The molecule has 164 valence electrons. The number of nitrogens with one attached hydrogen (secondary N) is 1. The van der Waals surface area contributed by atoms with Crippen LogP contribution < -0.4 is 10.1 Å². The zero-order chi connectivity index (χ0) is 23.2. The Bertz CT molecular complexity index is 1000. The van der Waals surface area contributed by atoms with Gasteiger partial charge in [0.1, 0.15) is 5.75 Å². The Morgan fingerprint density at radius 1 is 1.13 bits per heavy atom. The molecule has 2 N–H and O–H groups in total. The first-order valence-electron chi connectivity index (χ1n) is 10.1. The molecule has 1 unspecified atom stereocenters. The predicted octanol–water partition coefficient (Wildman–Crippen LogP) is 5.95. The highest BCUT2D eigenvalue weighted by Gasteiger charge is 2.31. The Balaban J connectivity index is 2.11. The first-order chi connectivity index (χ1) is 14.5. The number of hydrogen-bond donors (Lipinski definition) is 2. The lowest BCUT2D eigenvalue weighted by Gasteiger charge is -2.26. The SMILES string of the molecule is CC#CC(CC(=O)O)c1ccc(NC(=O)C(C)(C)Oc2ccc(C(C)C)cc2Br)cc1. The minimum absolute atomic E-state index is 0.0715. The van der Waals surface area contributed by atoms with Crippen LogP contribution in [0.5, 0.6) is 5.75 Å². The van der Waals surface area contributed by atoms with Crippen molar-refractivity contribution in [2.45, 2.75) is 58.5 Å². The van der Waals surface area contributed by atoms with E-state index in [1.165, 1.54) is 5.56 Å². The Labute approximate surface area is 192 Å². The number of rotatable bonds is 8. The molecule has 31 heavy (non-hydrogen) atoms. The van der Waals surface area contributed by atoms with Gasteiger partial charge in [0.15, 0.2) is 5.60 Å². The summed E-state index contributed by atoms with van der Waals surface area (Å²) in [5.41, 5.74) is 1.45. The van der Waals surface area contributed by atoms with E-state index in [1.54, 1.807) is 45.0 Å². The molecule has 2 aromatic rings. The molecule has 0 aliphatic heterocycles. The number of benzene rings is 2. The third-order valence-electron chi connectivity index (χ3n) is 4.80. The van der Waals surface area contributed by atoms with Crippen molar-refractivity contribution in [2.24, 2.45) is 0 Å². The summed E-state index contributed by atoms with van der Waals surface area (Å²) in [7, 11) is 0. The van der Waals surface area contributed by atoms with Gasteiger partial charge < -0.3 is 15.2 Å². The summed E-state index contributed by atoms with van der Waals surface area (Å²) in [5, 5.41) is 11.9. The topological polar surface area (TPSA) is 75.6 Å². The molecular formula is C25H28BrNO4. The van der Waals surface area contributed by atoms with Gasteiger partial charge in [0, 0.05) is 5.69 Å². The monoisotopic (exact) mass is 485 g/mol. The highest BCUT2D eigenvalue weighted by molar-refractivity contribution is 9.10. The van der Waals surface area contributed by atoms with Crippen molar-refractivity contribution in [1.82, 2.24) is 0 Å². The second kappa shape index (κ2) is 10.5. The molecule has 2 aromatic carbocycles. The van der Waals surface area contributed by atoms with Crippen molar-refractivity contribution in [3.05, 3.63) is 58.1 Å². The van der Waals surface area contributed by atoms with E-state index in [1.807, 2.05) is 18.2 Å². The lowest BCUT2D eigenvalue weighted by molar-refractivity contribution is -0.137. The van der Waals surface area contributed by atoms with E-state index in [0.29, 0.717) is 17.4 Å². The third-order valence-corrected chi connectivity index (χ3v) is 5.42. The summed E-state index contributed by atoms with van der Waals surface area (Å²) < 4.78 is 6.79. The number of carbonyl (C=O) groups excluding carboxylic acids is 1. The van der Waals surface area contributed by atoms with Crippen molar-refractivity contribution in [1.29, 1.82) is 0 Å². The van der Waals surface area contributed by atoms with E-state index in [9.17, 15) is 9.59 Å². The summed E-state index contributed by atoms with van der Waals surface area (Å²) in [6, 6.07) is 12.9. The van der Waals surface area contributed by atoms with Gasteiger partial charge in [0.05, 0.1) is 16.8 Å². The maximum Gasteiger partial charge on any atom is 0.304 e. The Morgan fingerprint density at radius 3 is 2.26 bits per heavy atom. The number of carbonyl (C=O) groups is 2. The van der Waals surface area contributed by atoms with Gasteiger partial charge in [0.2, 0.25) is 0 Å². The van der Waals surface area contributed by atoms with Crippen LogP contribution in [0.25, 0.3) is 0 Å². The fourth-order valence-corrected chi connectivity index (χ4v) is 3.44. The standard InChI is InChI=1S/C25H28BrNO4/c1-6-7-19(15-23(28)29)17-8-11-20(12-9-17)27-24(30)25(4,5)31-22-13-10-18(16(2)3)14-21(22)26/h8-14,16,19H,15H2,1-5H3,(H,27,30)(H,28,29). The fraction of sp³-hybridized carbons (Fsp3) is 0.360. The molecule has 0 heterocycles. The molecule has 1 atom stereocenters. The van der Waals surface area contributed by atoms with E-state index in [2.05, 4.69) is 46.9 Å². The van der Waals surface area contributed by atoms with Crippen LogP contribution >= 0.6 is 15.9 Å². The molecule has 5 nitrogen and oxygen atoms in total. The van der Waals surface area contributed by atoms with E-state index >= 15 is 0 Å². The summed E-state index contributed by atoms with van der Waals surface area (Å²) in [6.45, 7) is 9.33. The quantitative estimate of drug-likeness (QED) is 0.452. The molecule has 0 saturated heterocycles. The number of halogens is 1. The zero-order valence-electron chi connectivity index (χ0n) is 18.5. The maximum atomic E-state index is 12.8. The van der Waals surface area contributed by atoms with Gasteiger partial charge in [-0.05, 0) is 78.0 Å². The largest absolute Gasteiger partial charge is 0.481 e. The van der Waals surface area contributed by atoms with Crippen LogP contribution in [0.2, 0.25) is 0 Å². The van der Waals surface area contributed by atoms with Crippen LogP contribution in [-0.4, -0.2) is 22.6 Å². The van der Waals surface area contributed by atoms with Crippen molar-refractivity contribution in [2.75, 3.05) is 5.32 Å². The number of ether oxygens (including phenoxy) is 1. The maximum absolute atomic E-state index is 12.8. The van der Waals surface area contributed by atoms with Gasteiger partial charge in [-0.2, -0.15) is 0 Å². The van der Waals surface area contributed by atoms with Gasteiger partial charge >= 0.3 is 5.97 Å². The molecule has 0 aliphatic rings. The van der Waals surface area contributed by atoms with E-state index < -0.39 is 17.5 Å². The van der Waals surface area contributed by atoms with Crippen molar-refractivity contribution in [3.8, 4) is 17.6 Å². The molecule has 0 bridgehead atoms. The Kier molecular flexibility index (Phi) is 8.29. The second-order valence-electron chi connectivity index (χ2n) is 8.08. The molecule has 2 rings (SSSR count). The van der Waals surface area contributed by atoms with Crippen molar-refractivity contribution >= 4 is 33.5 Å². The smallest absolute Gasteiger partial charge is 0.304 e. The Morgan fingerprint density at radius 2 is 1.74 bits per heavy atom. The number of carboxylic acids is 1. The van der Waals surface area contributed by atoms with E-state index in [0.717, 1.165) is 10.0 Å². The van der Waals surface area contributed by atoms with Crippen LogP contribution in [0.15, 0.2) is 46.9 Å². The van der Waals surface area contributed by atoms with Crippen LogP contribution in [0, 0.1) is 11.8 Å². The van der Waals surface area contributed by atoms with Gasteiger partial charge in [-0.1, -0.05) is 38.0 Å². The van der Waals surface area contributed by atoms with Crippen molar-refractivity contribution < 1.29 is 19.4 Å². The number of hydrogen-bond acceptors (Lipinski definition) is 3. The summed E-state index contributed by atoms with van der Waals surface area (Å²) in [4.78, 5) is 23.9. The van der Waals surface area contributed by atoms with Crippen LogP contribution in [0.4, 0.5) is 5.69 Å². The predicted molar refractivity (Wildman–Crippen MR) is 126 cm³/mol. The van der Waals surface area contributed by atoms with Gasteiger partial charge in [-0.15, -0.1) is 5.92 Å². The first kappa shape index (κ1) is 24.5. The third kappa shape index (κ3) is 6.86. The minimum Gasteiger partial charge on any atom is -0.481 e. The number of anilines is 1. The minimum atomic E-state index is -1.11.